The normalized spacial score (nSPS) is 17.3. The second kappa shape index (κ2) is 13.3. The highest BCUT2D eigenvalue weighted by atomic mass is 16.5. The lowest BCUT2D eigenvalue weighted by molar-refractivity contribution is -0.117. The Hall–Kier alpha value is -4.50. The van der Waals surface area contributed by atoms with Crippen LogP contribution in [0.4, 0.5) is 11.4 Å². The number of hydrogen-bond acceptors (Lipinski definition) is 7. The van der Waals surface area contributed by atoms with Crippen LogP contribution >= 0.6 is 0 Å². The van der Waals surface area contributed by atoms with Crippen LogP contribution in [0.15, 0.2) is 88.8 Å². The van der Waals surface area contributed by atoms with Gasteiger partial charge in [-0.1, -0.05) is 74.5 Å². The number of aliphatic imine (C=N–C) groups is 2. The minimum absolute atomic E-state index is 0.161. The largest absolute Gasteiger partial charge is 0.407 e. The van der Waals surface area contributed by atoms with Crippen molar-refractivity contribution in [2.45, 2.75) is 26.4 Å². The Bertz CT molecular complexity index is 1350. The fraction of sp³-hybridized carbons (Fsp3) is 0.267. The average molecular weight is 527 g/mol. The van der Waals surface area contributed by atoms with Gasteiger partial charge in [0.25, 0.3) is 11.9 Å². The van der Waals surface area contributed by atoms with Crippen LogP contribution < -0.4 is 16.0 Å². The number of hydrogen-bond donors (Lipinski definition) is 3. The molecule has 2 aliphatic heterocycles. The lowest BCUT2D eigenvalue weighted by atomic mass is 10.0. The van der Waals surface area contributed by atoms with Crippen LogP contribution in [0.3, 0.4) is 0 Å². The number of benzene rings is 3. The van der Waals surface area contributed by atoms with Gasteiger partial charge in [-0.15, -0.1) is 0 Å². The number of rotatable bonds is 4. The number of nitrogens with one attached hydrogen (secondary N) is 2. The van der Waals surface area contributed by atoms with Crippen LogP contribution in [-0.2, 0) is 14.3 Å². The van der Waals surface area contributed by atoms with Crippen LogP contribution in [0.2, 0.25) is 0 Å². The van der Waals surface area contributed by atoms with E-state index in [1.54, 1.807) is 6.07 Å². The van der Waals surface area contributed by atoms with Crippen LogP contribution in [0.5, 0.6) is 0 Å². The summed E-state index contributed by atoms with van der Waals surface area (Å²) in [6, 6.07) is 24.2. The molecular formula is C30H34N6O3. The third-order valence-electron chi connectivity index (χ3n) is 6.14. The molecule has 39 heavy (non-hydrogen) atoms. The summed E-state index contributed by atoms with van der Waals surface area (Å²) in [5.74, 6) is -0.604. The number of nitrogens with two attached hydrogens (primary N) is 1. The van der Waals surface area contributed by atoms with Crippen LogP contribution in [0.1, 0.15) is 37.0 Å². The predicted octanol–water partition coefficient (Wildman–Crippen LogP) is 4.41. The molecule has 0 aliphatic carbocycles. The molecule has 9 heteroatoms. The fourth-order valence-corrected chi connectivity index (χ4v) is 4.39. The smallest absolute Gasteiger partial charge is 0.291 e. The first-order valence-electron chi connectivity index (χ1n) is 13.2. The number of ether oxygens (including phenoxy) is 2. The van der Waals surface area contributed by atoms with E-state index in [4.69, 9.17) is 20.6 Å². The molecule has 2 aliphatic rings. The molecule has 0 saturated carbocycles. The number of carbonyl (C=O) groups excluding carboxylic acids is 1. The number of amidine groups is 1. The molecule has 5 rings (SSSR count). The van der Waals surface area contributed by atoms with Crippen LogP contribution in [-0.4, -0.2) is 56.0 Å². The predicted molar refractivity (Wildman–Crippen MR) is 156 cm³/mol. The highest BCUT2D eigenvalue weighted by molar-refractivity contribution is 6.19. The third-order valence-corrected chi connectivity index (χ3v) is 6.14. The van der Waals surface area contributed by atoms with Gasteiger partial charge < -0.3 is 25.4 Å². The Labute approximate surface area is 228 Å². The van der Waals surface area contributed by atoms with Crippen molar-refractivity contribution in [3.8, 4) is 0 Å². The Balaban J connectivity index is 0.00000172. The Morgan fingerprint density at radius 1 is 1.03 bits per heavy atom. The second-order valence-corrected chi connectivity index (χ2v) is 8.62. The molecule has 1 atom stereocenters. The van der Waals surface area contributed by atoms with E-state index in [9.17, 15) is 4.79 Å². The summed E-state index contributed by atoms with van der Waals surface area (Å²) in [7, 11) is 0. The first kappa shape index (κ1) is 27.5. The first-order valence-corrected chi connectivity index (χ1v) is 13.2. The van der Waals surface area contributed by atoms with Gasteiger partial charge in [0.1, 0.15) is 0 Å². The van der Waals surface area contributed by atoms with Gasteiger partial charge in [0.05, 0.1) is 23.6 Å². The van der Waals surface area contributed by atoms with E-state index in [2.05, 4.69) is 20.2 Å². The van der Waals surface area contributed by atoms with Crippen molar-refractivity contribution in [3.05, 3.63) is 95.6 Å². The lowest BCUT2D eigenvalue weighted by Gasteiger charge is -2.24. The Kier molecular flexibility index (Phi) is 9.42. The van der Waals surface area contributed by atoms with Crippen molar-refractivity contribution >= 4 is 34.9 Å². The minimum Gasteiger partial charge on any atom is -0.407 e. The van der Waals surface area contributed by atoms with E-state index in [0.717, 1.165) is 29.8 Å². The molecule has 0 aromatic heterocycles. The van der Waals surface area contributed by atoms with E-state index in [1.807, 2.05) is 86.6 Å². The molecule has 0 radical (unpaired) electrons. The quantitative estimate of drug-likeness (QED) is 0.343. The molecule has 202 valence electrons. The van der Waals surface area contributed by atoms with E-state index >= 15 is 0 Å². The summed E-state index contributed by atoms with van der Waals surface area (Å²) in [6.45, 7) is 6.86. The number of anilines is 2. The van der Waals surface area contributed by atoms with Crippen molar-refractivity contribution in [2.75, 3.05) is 36.5 Å². The highest BCUT2D eigenvalue weighted by Crippen LogP contribution is 2.25. The number of amides is 1. The molecule has 1 fully saturated rings. The number of para-hydroxylation sites is 2. The van der Waals surface area contributed by atoms with Gasteiger partial charge in [-0.05, 0) is 24.6 Å². The standard InChI is InChI=1S/C28H28N6O3.C2H6/c29-25(21-12-5-7-14-23(21)34-15-8-17-36-18-16-34)37-28(30)33-26-27(35)31-22-13-6-4-11-20(22)24(32-26)19-9-2-1-3-10-19;1-2/h1-7,9-14,26,29H,8,15-18H2,(H2,30,33)(H,31,35);1-2H3. The lowest BCUT2D eigenvalue weighted by Crippen LogP contribution is -2.31. The maximum atomic E-state index is 13.0. The molecule has 4 N–H and O–H groups in total. The fourth-order valence-electron chi connectivity index (χ4n) is 4.39. The summed E-state index contributed by atoms with van der Waals surface area (Å²) in [5, 5.41) is 11.5. The van der Waals surface area contributed by atoms with Crippen LogP contribution in [0, 0.1) is 5.41 Å². The van der Waals surface area contributed by atoms with Gasteiger partial charge in [-0.2, -0.15) is 4.99 Å². The van der Waals surface area contributed by atoms with Crippen molar-refractivity contribution in [1.82, 2.24) is 0 Å². The number of benzodiazepines with no additional fused rings is 1. The van der Waals surface area contributed by atoms with E-state index in [0.29, 0.717) is 36.7 Å². The number of nitrogens with zero attached hydrogens (tertiary/aromatic N) is 3. The molecule has 1 unspecified atom stereocenters. The van der Waals surface area contributed by atoms with Crippen LogP contribution in [0.25, 0.3) is 0 Å². The van der Waals surface area contributed by atoms with Crippen molar-refractivity contribution in [3.63, 3.8) is 0 Å². The zero-order valence-corrected chi connectivity index (χ0v) is 22.3. The molecular weight excluding hydrogens is 492 g/mol. The van der Waals surface area contributed by atoms with Gasteiger partial charge in [0.2, 0.25) is 12.1 Å². The van der Waals surface area contributed by atoms with E-state index in [-0.39, 0.29) is 11.9 Å². The summed E-state index contributed by atoms with van der Waals surface area (Å²) >= 11 is 0. The molecule has 3 aromatic rings. The highest BCUT2D eigenvalue weighted by Gasteiger charge is 2.26. The van der Waals surface area contributed by atoms with Gasteiger partial charge in [-0.3, -0.25) is 10.2 Å². The monoisotopic (exact) mass is 526 g/mol. The Morgan fingerprint density at radius 2 is 1.74 bits per heavy atom. The number of fused-ring (bicyclic) bond motifs is 1. The van der Waals surface area contributed by atoms with Gasteiger partial charge in [0.15, 0.2) is 0 Å². The SMILES string of the molecule is CC.N=C(O/C(N)=N/C1N=C(c2ccccc2)c2ccccc2NC1=O)c1ccccc1N1CCCOCC1. The zero-order valence-electron chi connectivity index (χ0n) is 22.3. The maximum Gasteiger partial charge on any atom is 0.291 e. The molecule has 9 nitrogen and oxygen atoms in total. The second-order valence-electron chi connectivity index (χ2n) is 8.62. The molecule has 3 aromatic carbocycles. The summed E-state index contributed by atoms with van der Waals surface area (Å²) in [4.78, 5) is 24.1. The van der Waals surface area contributed by atoms with E-state index < -0.39 is 12.1 Å². The molecule has 0 bridgehead atoms. The molecule has 2 heterocycles. The van der Waals surface area contributed by atoms with Gasteiger partial charge in [0, 0.05) is 36.5 Å². The number of carbonyl (C=O) groups is 1. The average Bonchev–Trinajstić information content (AvgIpc) is 3.33. The molecule has 1 saturated heterocycles. The first-order chi connectivity index (χ1) is 19.1. The van der Waals surface area contributed by atoms with Gasteiger partial charge in [-0.25, -0.2) is 4.99 Å². The minimum atomic E-state index is -1.19. The van der Waals surface area contributed by atoms with Crippen molar-refractivity contribution in [2.24, 2.45) is 15.7 Å². The van der Waals surface area contributed by atoms with Gasteiger partial charge >= 0.3 is 0 Å². The third kappa shape index (κ3) is 6.69. The van der Waals surface area contributed by atoms with Crippen molar-refractivity contribution < 1.29 is 14.3 Å². The maximum absolute atomic E-state index is 13.0. The van der Waals surface area contributed by atoms with Crippen molar-refractivity contribution in [1.29, 1.82) is 5.41 Å². The molecule has 1 amide bonds. The van der Waals surface area contributed by atoms with E-state index in [1.165, 1.54) is 0 Å². The summed E-state index contributed by atoms with van der Waals surface area (Å²) < 4.78 is 11.2. The summed E-state index contributed by atoms with van der Waals surface area (Å²) in [5.41, 5.74) is 10.4. The summed E-state index contributed by atoms with van der Waals surface area (Å²) in [6.07, 6.45) is -0.291. The topological polar surface area (TPSA) is 125 Å². The molecule has 0 spiro atoms. The zero-order chi connectivity index (χ0) is 27.6. The Morgan fingerprint density at radius 3 is 2.56 bits per heavy atom.